The van der Waals surface area contributed by atoms with Crippen molar-refractivity contribution in [1.82, 2.24) is 4.37 Å². The molecule has 0 aliphatic carbocycles. The van der Waals surface area contributed by atoms with Crippen LogP contribution in [0.2, 0.25) is 0 Å². The van der Waals surface area contributed by atoms with Crippen LogP contribution in [0, 0.1) is 0 Å². The molecule has 0 N–H and O–H groups in total. The molecule has 0 aliphatic heterocycles. The van der Waals surface area contributed by atoms with Crippen molar-refractivity contribution in [3.8, 4) is 0 Å². The smallest absolute Gasteiger partial charge is 0.293 e. The second-order valence-corrected chi connectivity index (χ2v) is 2.61. The van der Waals surface area contributed by atoms with Crippen molar-refractivity contribution in [2.45, 2.75) is 6.42 Å². The summed E-state index contributed by atoms with van der Waals surface area (Å²) in [5, 5.41) is 0. The van der Waals surface area contributed by atoms with Gasteiger partial charge >= 0.3 is 0 Å². The molecule has 0 amide bonds. The highest BCUT2D eigenvalue weighted by atomic mass is 32.1. The third-order valence-corrected chi connectivity index (χ3v) is 1.83. The maximum absolute atomic E-state index is 9.70. The lowest BCUT2D eigenvalue weighted by Crippen LogP contribution is -1.93. The van der Waals surface area contributed by atoms with Gasteiger partial charge in [0.15, 0.2) is 0 Å². The highest BCUT2D eigenvalue weighted by Crippen LogP contribution is 2.04. The SMILES string of the molecule is O=COCCc1ccns1. The Hall–Kier alpha value is -0.900. The second-order valence-electron chi connectivity index (χ2n) is 1.70. The molecular weight excluding hydrogens is 150 g/mol. The molecule has 54 valence electrons. The minimum Gasteiger partial charge on any atom is -0.468 e. The number of nitrogens with zero attached hydrogens (tertiary/aromatic N) is 1. The van der Waals surface area contributed by atoms with Crippen molar-refractivity contribution < 1.29 is 9.53 Å². The third-order valence-electron chi connectivity index (χ3n) is 1.03. The predicted octanol–water partition coefficient (Wildman–Crippen LogP) is 0.859. The van der Waals surface area contributed by atoms with E-state index in [-0.39, 0.29) is 0 Å². The standard InChI is InChI=1S/C6H7NO2S/c8-5-9-4-2-6-1-3-7-10-6/h1,3,5H,2,4H2. The summed E-state index contributed by atoms with van der Waals surface area (Å²) in [7, 11) is 0. The van der Waals surface area contributed by atoms with Crippen molar-refractivity contribution in [3.63, 3.8) is 0 Å². The first-order chi connectivity index (χ1) is 4.93. The molecule has 1 heterocycles. The van der Waals surface area contributed by atoms with E-state index < -0.39 is 0 Å². The summed E-state index contributed by atoms with van der Waals surface area (Å²) in [4.78, 5) is 10.8. The lowest BCUT2D eigenvalue weighted by Gasteiger charge is -1.92. The zero-order valence-corrected chi connectivity index (χ0v) is 6.13. The molecule has 0 bridgehead atoms. The fourth-order valence-electron chi connectivity index (χ4n) is 0.579. The van der Waals surface area contributed by atoms with Crippen molar-refractivity contribution in [3.05, 3.63) is 17.1 Å². The number of carbonyl (C=O) groups excluding carboxylic acids is 1. The van der Waals surface area contributed by atoms with Crippen molar-refractivity contribution in [2.75, 3.05) is 6.61 Å². The summed E-state index contributed by atoms with van der Waals surface area (Å²) in [5.74, 6) is 0. The van der Waals surface area contributed by atoms with Gasteiger partial charge in [0.2, 0.25) is 0 Å². The summed E-state index contributed by atoms with van der Waals surface area (Å²) in [6, 6.07) is 1.92. The molecule has 0 radical (unpaired) electrons. The van der Waals surface area contributed by atoms with Gasteiger partial charge in [-0.1, -0.05) is 0 Å². The van der Waals surface area contributed by atoms with E-state index in [4.69, 9.17) is 0 Å². The topological polar surface area (TPSA) is 39.2 Å². The summed E-state index contributed by atoms with van der Waals surface area (Å²) in [6.45, 7) is 0.909. The molecular formula is C6H7NO2S. The molecule has 0 aliphatic rings. The Balaban J connectivity index is 2.21. The number of hydrogen-bond acceptors (Lipinski definition) is 4. The van der Waals surface area contributed by atoms with E-state index in [0.717, 1.165) is 11.3 Å². The lowest BCUT2D eigenvalue weighted by atomic mass is 10.4. The van der Waals surface area contributed by atoms with Gasteiger partial charge in [-0.2, -0.15) is 0 Å². The molecule has 1 aromatic heterocycles. The van der Waals surface area contributed by atoms with E-state index in [0.29, 0.717) is 13.1 Å². The van der Waals surface area contributed by atoms with Crippen LogP contribution in [0.5, 0.6) is 0 Å². The number of carbonyl (C=O) groups is 1. The first kappa shape index (κ1) is 7.21. The Kier molecular flexibility index (Phi) is 2.89. The Morgan fingerprint density at radius 3 is 3.30 bits per heavy atom. The van der Waals surface area contributed by atoms with Crippen LogP contribution >= 0.6 is 11.5 Å². The van der Waals surface area contributed by atoms with Gasteiger partial charge in [-0.25, -0.2) is 4.37 Å². The van der Waals surface area contributed by atoms with Crippen molar-refractivity contribution >= 4 is 18.0 Å². The average Bonchev–Trinajstić information content (AvgIpc) is 2.41. The minimum atomic E-state index is 0.450. The van der Waals surface area contributed by atoms with Crippen LogP contribution in [-0.2, 0) is 16.0 Å². The van der Waals surface area contributed by atoms with Crippen molar-refractivity contribution in [1.29, 1.82) is 0 Å². The maximum Gasteiger partial charge on any atom is 0.293 e. The highest BCUT2D eigenvalue weighted by molar-refractivity contribution is 7.05. The molecule has 4 heteroatoms. The molecule has 0 fully saturated rings. The van der Waals surface area contributed by atoms with Crippen LogP contribution in [0.25, 0.3) is 0 Å². The normalized spacial score (nSPS) is 9.20. The Morgan fingerprint density at radius 1 is 1.80 bits per heavy atom. The van der Waals surface area contributed by atoms with Crippen LogP contribution in [0.4, 0.5) is 0 Å². The molecule has 0 saturated heterocycles. The molecule has 0 unspecified atom stereocenters. The third kappa shape index (κ3) is 2.14. The van der Waals surface area contributed by atoms with Gasteiger partial charge in [0.25, 0.3) is 6.47 Å². The summed E-state index contributed by atoms with van der Waals surface area (Å²) in [6.07, 6.45) is 2.50. The van der Waals surface area contributed by atoms with Gasteiger partial charge in [0.05, 0.1) is 6.61 Å². The van der Waals surface area contributed by atoms with Crippen LogP contribution in [0.3, 0.4) is 0 Å². The average molecular weight is 157 g/mol. The zero-order chi connectivity index (χ0) is 7.23. The van der Waals surface area contributed by atoms with E-state index in [2.05, 4.69) is 9.11 Å². The van der Waals surface area contributed by atoms with E-state index in [1.54, 1.807) is 6.20 Å². The molecule has 1 rings (SSSR count). The van der Waals surface area contributed by atoms with E-state index in [1.807, 2.05) is 6.07 Å². The fourth-order valence-corrected chi connectivity index (χ4v) is 1.13. The number of rotatable bonds is 4. The fraction of sp³-hybridized carbons (Fsp3) is 0.333. The van der Waals surface area contributed by atoms with Gasteiger partial charge < -0.3 is 4.74 Å². The van der Waals surface area contributed by atoms with E-state index >= 15 is 0 Å². The van der Waals surface area contributed by atoms with Gasteiger partial charge in [0.1, 0.15) is 0 Å². The Morgan fingerprint density at radius 2 is 2.70 bits per heavy atom. The quantitative estimate of drug-likeness (QED) is 0.480. The summed E-state index contributed by atoms with van der Waals surface area (Å²) in [5.41, 5.74) is 0. The van der Waals surface area contributed by atoms with Crippen LogP contribution < -0.4 is 0 Å². The second kappa shape index (κ2) is 4.00. The Bertz CT molecular complexity index is 186. The van der Waals surface area contributed by atoms with Gasteiger partial charge in [-0.15, -0.1) is 0 Å². The predicted molar refractivity (Wildman–Crippen MR) is 37.8 cm³/mol. The highest BCUT2D eigenvalue weighted by Gasteiger charge is 1.92. The molecule has 0 saturated carbocycles. The van der Waals surface area contributed by atoms with Gasteiger partial charge in [0, 0.05) is 17.5 Å². The monoisotopic (exact) mass is 157 g/mol. The molecule has 0 aromatic carbocycles. The zero-order valence-electron chi connectivity index (χ0n) is 5.32. The number of aromatic nitrogens is 1. The summed E-state index contributed by atoms with van der Waals surface area (Å²) < 4.78 is 8.40. The van der Waals surface area contributed by atoms with Gasteiger partial charge in [-0.05, 0) is 17.6 Å². The number of hydrogen-bond donors (Lipinski definition) is 0. The molecule has 0 atom stereocenters. The molecule has 1 aromatic rings. The first-order valence-electron chi connectivity index (χ1n) is 2.88. The minimum absolute atomic E-state index is 0.450. The first-order valence-corrected chi connectivity index (χ1v) is 3.65. The van der Waals surface area contributed by atoms with Crippen molar-refractivity contribution in [2.24, 2.45) is 0 Å². The summed E-state index contributed by atoms with van der Waals surface area (Å²) >= 11 is 1.43. The van der Waals surface area contributed by atoms with Crippen LogP contribution in [0.1, 0.15) is 4.88 Å². The largest absolute Gasteiger partial charge is 0.468 e. The van der Waals surface area contributed by atoms with Gasteiger partial charge in [-0.3, -0.25) is 4.79 Å². The van der Waals surface area contributed by atoms with E-state index in [9.17, 15) is 4.79 Å². The van der Waals surface area contributed by atoms with Crippen LogP contribution in [-0.4, -0.2) is 17.5 Å². The number of ether oxygens (including phenoxy) is 1. The van der Waals surface area contributed by atoms with E-state index in [1.165, 1.54) is 11.5 Å². The molecule has 10 heavy (non-hydrogen) atoms. The van der Waals surface area contributed by atoms with Crippen LogP contribution in [0.15, 0.2) is 12.3 Å². The maximum atomic E-state index is 9.70. The Labute approximate surface area is 62.8 Å². The molecule has 0 spiro atoms. The molecule has 3 nitrogen and oxygen atoms in total. The lowest BCUT2D eigenvalue weighted by molar-refractivity contribution is -0.128.